The lowest BCUT2D eigenvalue weighted by Crippen LogP contribution is -2.34. The highest BCUT2D eigenvalue weighted by molar-refractivity contribution is 7.89. The topological polar surface area (TPSA) is 55.2 Å². The zero-order valence-corrected chi connectivity index (χ0v) is 19.0. The summed E-state index contributed by atoms with van der Waals surface area (Å²) < 4.78 is 69.7. The molecule has 0 aliphatic heterocycles. The SMILES string of the molecule is Cc1ccc(S(=O)(=O)N(Cc2nccn2Cc2ccccc2C(F)(F)F)CC(C)C)cc1. The number of rotatable bonds is 8. The van der Waals surface area contributed by atoms with Gasteiger partial charge in [0.2, 0.25) is 10.0 Å². The second kappa shape index (κ2) is 9.46. The van der Waals surface area contributed by atoms with Crippen LogP contribution in [-0.4, -0.2) is 28.8 Å². The molecule has 5 nitrogen and oxygen atoms in total. The number of aryl methyl sites for hydroxylation is 1. The number of imidazole rings is 1. The monoisotopic (exact) mass is 465 g/mol. The fraction of sp³-hybridized carbons (Fsp3) is 0.348. The molecule has 0 aliphatic rings. The molecule has 2 aromatic carbocycles. The molecule has 0 saturated heterocycles. The van der Waals surface area contributed by atoms with E-state index >= 15 is 0 Å². The fourth-order valence-corrected chi connectivity index (χ4v) is 4.98. The van der Waals surface area contributed by atoms with E-state index in [1.54, 1.807) is 41.1 Å². The third-order valence-corrected chi connectivity index (χ3v) is 6.84. The van der Waals surface area contributed by atoms with Crippen molar-refractivity contribution in [1.29, 1.82) is 0 Å². The highest BCUT2D eigenvalue weighted by atomic mass is 32.2. The van der Waals surface area contributed by atoms with Crippen LogP contribution >= 0.6 is 0 Å². The number of benzene rings is 2. The van der Waals surface area contributed by atoms with Crippen molar-refractivity contribution in [2.75, 3.05) is 6.54 Å². The smallest absolute Gasteiger partial charge is 0.329 e. The molecule has 0 atom stereocenters. The van der Waals surface area contributed by atoms with Gasteiger partial charge in [0, 0.05) is 25.5 Å². The lowest BCUT2D eigenvalue weighted by Gasteiger charge is -2.24. The highest BCUT2D eigenvalue weighted by Crippen LogP contribution is 2.32. The van der Waals surface area contributed by atoms with Crippen molar-refractivity contribution in [3.05, 3.63) is 83.4 Å². The Morgan fingerprint density at radius 2 is 1.72 bits per heavy atom. The van der Waals surface area contributed by atoms with Crippen LogP contribution in [0.15, 0.2) is 65.8 Å². The first-order chi connectivity index (χ1) is 15.0. The van der Waals surface area contributed by atoms with Gasteiger partial charge in [0.25, 0.3) is 0 Å². The lowest BCUT2D eigenvalue weighted by molar-refractivity contribution is -0.138. The lowest BCUT2D eigenvalue weighted by atomic mass is 10.1. The Morgan fingerprint density at radius 3 is 2.34 bits per heavy atom. The Kier molecular flexibility index (Phi) is 7.09. The molecule has 3 rings (SSSR count). The summed E-state index contributed by atoms with van der Waals surface area (Å²) in [5.74, 6) is 0.419. The Bertz CT molecular complexity index is 1150. The van der Waals surface area contributed by atoms with Crippen molar-refractivity contribution in [2.45, 2.75) is 44.9 Å². The molecule has 0 amide bonds. The van der Waals surface area contributed by atoms with Crippen LogP contribution in [0.1, 0.15) is 36.4 Å². The van der Waals surface area contributed by atoms with Crippen LogP contribution in [-0.2, 0) is 29.3 Å². The molecule has 1 heterocycles. The van der Waals surface area contributed by atoms with Crippen molar-refractivity contribution in [2.24, 2.45) is 5.92 Å². The molecule has 32 heavy (non-hydrogen) atoms. The minimum absolute atomic E-state index is 0.0459. The number of hydrogen-bond donors (Lipinski definition) is 0. The highest BCUT2D eigenvalue weighted by Gasteiger charge is 2.33. The van der Waals surface area contributed by atoms with Gasteiger partial charge in [0.1, 0.15) is 5.82 Å². The first kappa shape index (κ1) is 24.0. The largest absolute Gasteiger partial charge is 0.416 e. The number of hydrogen-bond acceptors (Lipinski definition) is 3. The van der Waals surface area contributed by atoms with Crippen molar-refractivity contribution in [3.8, 4) is 0 Å². The maximum Gasteiger partial charge on any atom is 0.416 e. The van der Waals surface area contributed by atoms with E-state index in [-0.39, 0.29) is 36.0 Å². The van der Waals surface area contributed by atoms with Gasteiger partial charge >= 0.3 is 6.18 Å². The van der Waals surface area contributed by atoms with E-state index in [1.807, 2.05) is 20.8 Å². The molecule has 1 aromatic heterocycles. The van der Waals surface area contributed by atoms with Gasteiger partial charge in [-0.2, -0.15) is 17.5 Å². The van der Waals surface area contributed by atoms with Gasteiger partial charge in [0.15, 0.2) is 0 Å². The minimum atomic E-state index is -4.48. The van der Waals surface area contributed by atoms with Crippen molar-refractivity contribution in [1.82, 2.24) is 13.9 Å². The Hall–Kier alpha value is -2.65. The van der Waals surface area contributed by atoms with E-state index in [0.29, 0.717) is 5.82 Å². The van der Waals surface area contributed by atoms with E-state index in [0.717, 1.165) is 11.6 Å². The molecule has 0 bridgehead atoms. The van der Waals surface area contributed by atoms with E-state index in [9.17, 15) is 21.6 Å². The van der Waals surface area contributed by atoms with E-state index in [1.165, 1.54) is 22.6 Å². The number of halogens is 3. The first-order valence-corrected chi connectivity index (χ1v) is 11.6. The molecule has 0 N–H and O–H groups in total. The van der Waals surface area contributed by atoms with Gasteiger partial charge < -0.3 is 4.57 Å². The normalized spacial score (nSPS) is 12.6. The molecule has 0 saturated carbocycles. The third-order valence-electron chi connectivity index (χ3n) is 5.01. The number of alkyl halides is 3. The van der Waals surface area contributed by atoms with Crippen LogP contribution in [0.5, 0.6) is 0 Å². The molecule has 0 fully saturated rings. The Morgan fingerprint density at radius 1 is 1.06 bits per heavy atom. The molecule has 172 valence electrons. The molecule has 0 aliphatic carbocycles. The van der Waals surface area contributed by atoms with Crippen LogP contribution < -0.4 is 0 Å². The number of aromatic nitrogens is 2. The zero-order valence-electron chi connectivity index (χ0n) is 18.2. The zero-order chi connectivity index (χ0) is 23.5. The van der Waals surface area contributed by atoms with Crippen molar-refractivity contribution < 1.29 is 21.6 Å². The average Bonchev–Trinajstić information content (AvgIpc) is 3.14. The molecule has 0 radical (unpaired) electrons. The predicted molar refractivity (Wildman–Crippen MR) is 116 cm³/mol. The Labute approximate surface area is 186 Å². The summed E-state index contributed by atoms with van der Waals surface area (Å²) in [6.45, 7) is 5.83. The first-order valence-electron chi connectivity index (χ1n) is 10.2. The summed E-state index contributed by atoms with van der Waals surface area (Å²) in [6.07, 6.45) is -1.44. The maximum absolute atomic E-state index is 13.4. The summed E-state index contributed by atoms with van der Waals surface area (Å²) in [7, 11) is -3.81. The van der Waals surface area contributed by atoms with Crippen molar-refractivity contribution in [3.63, 3.8) is 0 Å². The van der Waals surface area contributed by atoms with Gasteiger partial charge in [-0.15, -0.1) is 0 Å². The van der Waals surface area contributed by atoms with Gasteiger partial charge in [-0.05, 0) is 36.6 Å². The second-order valence-electron chi connectivity index (χ2n) is 8.13. The summed E-state index contributed by atoms with van der Waals surface area (Å²) >= 11 is 0. The summed E-state index contributed by atoms with van der Waals surface area (Å²) in [4.78, 5) is 4.42. The summed E-state index contributed by atoms with van der Waals surface area (Å²) in [5.41, 5.74) is 0.320. The minimum Gasteiger partial charge on any atom is -0.329 e. The number of sulfonamides is 1. The third kappa shape index (κ3) is 5.58. The molecule has 0 spiro atoms. The summed E-state index contributed by atoms with van der Waals surface area (Å²) in [6, 6.07) is 11.9. The van der Waals surface area contributed by atoms with Gasteiger partial charge in [-0.3, -0.25) is 0 Å². The number of nitrogens with zero attached hydrogens (tertiary/aromatic N) is 3. The van der Waals surface area contributed by atoms with Crippen LogP contribution in [0.3, 0.4) is 0 Å². The van der Waals surface area contributed by atoms with E-state index < -0.39 is 21.8 Å². The molecule has 0 unspecified atom stereocenters. The molecule has 9 heteroatoms. The molecule has 3 aromatic rings. The van der Waals surface area contributed by atoms with Gasteiger partial charge in [-0.1, -0.05) is 49.7 Å². The van der Waals surface area contributed by atoms with Gasteiger partial charge in [-0.25, -0.2) is 13.4 Å². The van der Waals surface area contributed by atoms with Gasteiger partial charge in [0.05, 0.1) is 17.0 Å². The van der Waals surface area contributed by atoms with Crippen LogP contribution in [0.2, 0.25) is 0 Å². The maximum atomic E-state index is 13.4. The second-order valence-corrected chi connectivity index (χ2v) is 10.1. The molecular formula is C23H26F3N3O2S. The average molecular weight is 466 g/mol. The summed E-state index contributed by atoms with van der Waals surface area (Å²) in [5, 5.41) is 0. The standard InChI is InChI=1S/C23H26F3N3O2S/c1-17(2)14-29(32(30,31)20-10-8-18(3)9-11-20)16-22-27-12-13-28(22)15-19-6-4-5-7-21(19)23(24,25)26/h4-13,17H,14-16H2,1-3H3. The van der Waals surface area contributed by atoms with E-state index in [2.05, 4.69) is 4.98 Å². The van der Waals surface area contributed by atoms with Crippen LogP contribution in [0.25, 0.3) is 0 Å². The van der Waals surface area contributed by atoms with Crippen LogP contribution in [0.4, 0.5) is 13.2 Å². The quantitative estimate of drug-likeness (QED) is 0.465. The van der Waals surface area contributed by atoms with Crippen molar-refractivity contribution >= 4 is 10.0 Å². The van der Waals surface area contributed by atoms with E-state index in [4.69, 9.17) is 0 Å². The van der Waals surface area contributed by atoms with Crippen LogP contribution in [0, 0.1) is 12.8 Å². The Balaban J connectivity index is 1.92. The molecular weight excluding hydrogens is 439 g/mol. The predicted octanol–water partition coefficient (Wildman–Crippen LogP) is 5.11. The fourth-order valence-electron chi connectivity index (χ4n) is 3.43.